The molecule has 1 aromatic heterocycles. The fraction of sp³-hybridized carbons (Fsp3) is 0.200. The van der Waals surface area contributed by atoms with Crippen LogP contribution < -0.4 is 17.0 Å². The lowest BCUT2D eigenvalue weighted by Gasteiger charge is -1.93. The average molecular weight is 140 g/mol. The second kappa shape index (κ2) is 2.49. The van der Waals surface area contributed by atoms with Crippen LogP contribution in [-0.2, 0) is 6.54 Å². The molecule has 0 saturated carbocycles. The third-order valence-corrected chi connectivity index (χ3v) is 1.11. The molecule has 0 spiro atoms. The largest absolute Gasteiger partial charge is 0.369 e. The predicted octanol–water partition coefficient (Wildman–Crippen LogP) is -1.19. The molecule has 0 bridgehead atoms. The molecular weight excluding hydrogens is 132 g/mol. The van der Waals surface area contributed by atoms with Crippen molar-refractivity contribution in [2.24, 2.45) is 5.73 Å². The standard InChI is InChI=1S/C5H8N4O/c6-1-3-2-8-5(7)9-4(3)10/h2H,1,6H2,(H3,7,8,9,10). The molecule has 5 nitrogen and oxygen atoms in total. The Morgan fingerprint density at radius 3 is 2.90 bits per heavy atom. The van der Waals surface area contributed by atoms with Crippen molar-refractivity contribution in [1.29, 1.82) is 0 Å². The molecule has 0 aliphatic carbocycles. The summed E-state index contributed by atoms with van der Waals surface area (Å²) in [4.78, 5) is 16.8. The summed E-state index contributed by atoms with van der Waals surface area (Å²) in [6.45, 7) is 0.183. The highest BCUT2D eigenvalue weighted by Gasteiger charge is 1.95. The number of H-pyrrole nitrogens is 1. The quantitative estimate of drug-likeness (QED) is 0.457. The molecule has 0 atom stereocenters. The van der Waals surface area contributed by atoms with E-state index in [1.807, 2.05) is 0 Å². The van der Waals surface area contributed by atoms with E-state index in [0.717, 1.165) is 0 Å². The maximum Gasteiger partial charge on any atom is 0.256 e. The monoisotopic (exact) mass is 140 g/mol. The summed E-state index contributed by atoms with van der Waals surface area (Å²) < 4.78 is 0. The van der Waals surface area contributed by atoms with E-state index >= 15 is 0 Å². The topological polar surface area (TPSA) is 97.8 Å². The molecule has 0 aliphatic heterocycles. The minimum Gasteiger partial charge on any atom is -0.369 e. The third kappa shape index (κ3) is 1.14. The molecule has 0 amide bonds. The van der Waals surface area contributed by atoms with Crippen LogP contribution in [0.3, 0.4) is 0 Å². The van der Waals surface area contributed by atoms with Gasteiger partial charge in [-0.3, -0.25) is 9.78 Å². The average Bonchev–Trinajstić information content (AvgIpc) is 1.88. The van der Waals surface area contributed by atoms with Crippen LogP contribution in [0.5, 0.6) is 0 Å². The lowest BCUT2D eigenvalue weighted by Crippen LogP contribution is -2.18. The van der Waals surface area contributed by atoms with Crippen molar-refractivity contribution < 1.29 is 0 Å². The Balaban J connectivity index is 3.20. The second-order valence-electron chi connectivity index (χ2n) is 1.83. The van der Waals surface area contributed by atoms with E-state index in [4.69, 9.17) is 11.5 Å². The van der Waals surface area contributed by atoms with Crippen molar-refractivity contribution in [3.05, 3.63) is 22.1 Å². The van der Waals surface area contributed by atoms with Gasteiger partial charge in [0.2, 0.25) is 0 Å². The summed E-state index contributed by atoms with van der Waals surface area (Å²) in [5, 5.41) is 0. The molecule has 0 unspecified atom stereocenters. The van der Waals surface area contributed by atoms with Gasteiger partial charge in [-0.15, -0.1) is 0 Å². The van der Waals surface area contributed by atoms with E-state index in [1.54, 1.807) is 0 Å². The Labute approximate surface area is 57.1 Å². The molecule has 0 fully saturated rings. The van der Waals surface area contributed by atoms with Crippen LogP contribution in [0.1, 0.15) is 5.56 Å². The predicted molar refractivity (Wildman–Crippen MR) is 37.2 cm³/mol. The van der Waals surface area contributed by atoms with Crippen molar-refractivity contribution in [2.75, 3.05) is 5.73 Å². The molecule has 5 heteroatoms. The maximum absolute atomic E-state index is 10.8. The number of nitrogens with one attached hydrogen (secondary N) is 1. The number of rotatable bonds is 1. The van der Waals surface area contributed by atoms with Gasteiger partial charge >= 0.3 is 0 Å². The number of hydrogen-bond donors (Lipinski definition) is 3. The summed E-state index contributed by atoms with van der Waals surface area (Å²) in [5.74, 6) is 0.113. The van der Waals surface area contributed by atoms with Crippen LogP contribution >= 0.6 is 0 Å². The zero-order chi connectivity index (χ0) is 7.56. The molecule has 1 rings (SSSR count). The molecule has 5 N–H and O–H groups in total. The van der Waals surface area contributed by atoms with E-state index in [-0.39, 0.29) is 18.1 Å². The molecular formula is C5H8N4O. The first-order chi connectivity index (χ1) is 4.74. The summed E-state index contributed by atoms with van der Waals surface area (Å²) in [5.41, 5.74) is 10.5. The van der Waals surface area contributed by atoms with Gasteiger partial charge in [0.05, 0.1) is 0 Å². The fourth-order valence-corrected chi connectivity index (χ4v) is 0.580. The number of aromatic amines is 1. The number of hydrogen-bond acceptors (Lipinski definition) is 4. The number of nitrogens with zero attached hydrogens (tertiary/aromatic N) is 1. The molecule has 0 saturated heterocycles. The van der Waals surface area contributed by atoms with Crippen molar-refractivity contribution in [2.45, 2.75) is 6.54 Å². The van der Waals surface area contributed by atoms with Crippen LogP contribution in [0.4, 0.5) is 5.95 Å². The van der Waals surface area contributed by atoms with Crippen LogP contribution in [0.2, 0.25) is 0 Å². The summed E-state index contributed by atoms with van der Waals surface area (Å²) in [6, 6.07) is 0. The van der Waals surface area contributed by atoms with Gasteiger partial charge in [0, 0.05) is 18.3 Å². The van der Waals surface area contributed by atoms with E-state index in [0.29, 0.717) is 5.56 Å². The normalized spacial score (nSPS) is 9.70. The van der Waals surface area contributed by atoms with Gasteiger partial charge in [-0.25, -0.2) is 4.98 Å². The highest BCUT2D eigenvalue weighted by atomic mass is 16.1. The Kier molecular flexibility index (Phi) is 1.68. The van der Waals surface area contributed by atoms with Crippen molar-refractivity contribution >= 4 is 5.95 Å². The van der Waals surface area contributed by atoms with E-state index in [2.05, 4.69) is 9.97 Å². The van der Waals surface area contributed by atoms with Gasteiger partial charge in [0.25, 0.3) is 5.56 Å². The molecule has 0 aromatic carbocycles. The molecule has 1 heterocycles. The minimum atomic E-state index is -0.269. The Morgan fingerprint density at radius 1 is 1.70 bits per heavy atom. The first-order valence-corrected chi connectivity index (χ1v) is 2.78. The first-order valence-electron chi connectivity index (χ1n) is 2.78. The van der Waals surface area contributed by atoms with Gasteiger partial charge in [-0.2, -0.15) is 0 Å². The Morgan fingerprint density at radius 2 is 2.40 bits per heavy atom. The fourth-order valence-electron chi connectivity index (χ4n) is 0.580. The van der Waals surface area contributed by atoms with Crippen LogP contribution in [0.15, 0.2) is 11.0 Å². The second-order valence-corrected chi connectivity index (χ2v) is 1.83. The van der Waals surface area contributed by atoms with Crippen LogP contribution in [0.25, 0.3) is 0 Å². The molecule has 1 aromatic rings. The van der Waals surface area contributed by atoms with Crippen LogP contribution in [0, 0.1) is 0 Å². The molecule has 10 heavy (non-hydrogen) atoms. The lowest BCUT2D eigenvalue weighted by atomic mass is 10.3. The number of anilines is 1. The summed E-state index contributed by atoms with van der Waals surface area (Å²) >= 11 is 0. The zero-order valence-corrected chi connectivity index (χ0v) is 5.29. The minimum absolute atomic E-state index is 0.113. The Bertz CT molecular complexity index is 279. The third-order valence-electron chi connectivity index (χ3n) is 1.11. The smallest absolute Gasteiger partial charge is 0.256 e. The van der Waals surface area contributed by atoms with Crippen molar-refractivity contribution in [3.8, 4) is 0 Å². The van der Waals surface area contributed by atoms with Gasteiger partial charge in [-0.1, -0.05) is 0 Å². The Hall–Kier alpha value is -1.36. The number of nitrogen functional groups attached to an aromatic ring is 1. The highest BCUT2D eigenvalue weighted by Crippen LogP contribution is 1.86. The highest BCUT2D eigenvalue weighted by molar-refractivity contribution is 5.16. The van der Waals surface area contributed by atoms with Gasteiger partial charge in [0.1, 0.15) is 0 Å². The van der Waals surface area contributed by atoms with E-state index in [9.17, 15) is 4.79 Å². The van der Waals surface area contributed by atoms with E-state index in [1.165, 1.54) is 6.20 Å². The summed E-state index contributed by atoms with van der Waals surface area (Å²) in [7, 11) is 0. The van der Waals surface area contributed by atoms with Gasteiger partial charge in [-0.05, 0) is 0 Å². The molecule has 54 valence electrons. The first kappa shape index (κ1) is 6.76. The maximum atomic E-state index is 10.8. The van der Waals surface area contributed by atoms with Crippen molar-refractivity contribution in [3.63, 3.8) is 0 Å². The van der Waals surface area contributed by atoms with E-state index < -0.39 is 0 Å². The lowest BCUT2D eigenvalue weighted by molar-refractivity contribution is 0.982. The number of aromatic nitrogens is 2. The SMILES string of the molecule is NCc1cnc(N)[nH]c1=O. The van der Waals surface area contributed by atoms with Crippen LogP contribution in [-0.4, -0.2) is 9.97 Å². The van der Waals surface area contributed by atoms with Gasteiger partial charge in [0.15, 0.2) is 5.95 Å². The zero-order valence-electron chi connectivity index (χ0n) is 5.29. The molecule has 0 radical (unpaired) electrons. The summed E-state index contributed by atoms with van der Waals surface area (Å²) in [6.07, 6.45) is 1.37. The number of nitrogens with two attached hydrogens (primary N) is 2. The molecule has 0 aliphatic rings. The van der Waals surface area contributed by atoms with Gasteiger partial charge < -0.3 is 11.5 Å². The van der Waals surface area contributed by atoms with Crippen molar-refractivity contribution in [1.82, 2.24) is 9.97 Å².